The van der Waals surface area contributed by atoms with E-state index < -0.39 is 12.0 Å². The van der Waals surface area contributed by atoms with Gasteiger partial charge in [-0.1, -0.05) is 29.8 Å². The van der Waals surface area contributed by atoms with Crippen molar-refractivity contribution >= 4 is 23.6 Å². The van der Waals surface area contributed by atoms with Crippen molar-refractivity contribution in [1.82, 2.24) is 10.2 Å². The molecule has 2 aromatic carbocycles. The Morgan fingerprint density at radius 2 is 1.94 bits per heavy atom. The zero-order valence-electron chi connectivity index (χ0n) is 18.4. The van der Waals surface area contributed by atoms with Crippen molar-refractivity contribution < 1.29 is 19.1 Å². The summed E-state index contributed by atoms with van der Waals surface area (Å²) >= 11 is 6.16. The summed E-state index contributed by atoms with van der Waals surface area (Å²) in [6, 6.07) is 10.1. The van der Waals surface area contributed by atoms with Crippen molar-refractivity contribution in [3.8, 4) is 5.75 Å². The molecule has 0 fully saturated rings. The number of carbonyl (C=O) groups is 2. The molecule has 1 atom stereocenters. The van der Waals surface area contributed by atoms with Crippen LogP contribution in [0.3, 0.4) is 0 Å². The van der Waals surface area contributed by atoms with Crippen LogP contribution in [0.4, 0.5) is 4.79 Å². The van der Waals surface area contributed by atoms with E-state index in [1.165, 1.54) is 4.90 Å². The third kappa shape index (κ3) is 4.85. The highest BCUT2D eigenvalue weighted by atomic mass is 35.5. The Balaban J connectivity index is 2.07. The molecule has 0 spiro atoms. The molecular weight excluding hydrogens is 416 g/mol. The standard InChI is InChI=1S/C24H27ClN2O4/c1-6-30-23(28)21-19(13-31-20-11-14(2)10-15(3)16(20)4)27(5)24(29)26-22(21)17-8-7-9-18(25)12-17/h7-12,22H,6,13H2,1-5H3,(H,26,29)/t22-/m0/s1. The van der Waals surface area contributed by atoms with E-state index in [0.29, 0.717) is 27.6 Å². The highest BCUT2D eigenvalue weighted by molar-refractivity contribution is 6.30. The number of ether oxygens (including phenoxy) is 2. The van der Waals surface area contributed by atoms with Gasteiger partial charge in [-0.15, -0.1) is 0 Å². The molecule has 2 amide bonds. The van der Waals surface area contributed by atoms with E-state index in [2.05, 4.69) is 11.4 Å². The van der Waals surface area contributed by atoms with Crippen LogP contribution in [-0.2, 0) is 9.53 Å². The summed E-state index contributed by atoms with van der Waals surface area (Å²) in [4.78, 5) is 27.1. The van der Waals surface area contributed by atoms with Crippen LogP contribution in [-0.4, -0.2) is 37.2 Å². The fourth-order valence-electron chi connectivity index (χ4n) is 3.61. The van der Waals surface area contributed by atoms with Gasteiger partial charge in [0.2, 0.25) is 0 Å². The molecule has 0 unspecified atom stereocenters. The highest BCUT2D eigenvalue weighted by Crippen LogP contribution is 2.33. The number of rotatable bonds is 6. The van der Waals surface area contributed by atoms with Crippen LogP contribution >= 0.6 is 11.6 Å². The van der Waals surface area contributed by atoms with Crippen molar-refractivity contribution in [2.45, 2.75) is 33.7 Å². The lowest BCUT2D eigenvalue weighted by molar-refractivity contribution is -0.139. The van der Waals surface area contributed by atoms with Crippen LogP contribution in [0.1, 0.15) is 35.2 Å². The average molecular weight is 443 g/mol. The summed E-state index contributed by atoms with van der Waals surface area (Å²) in [7, 11) is 1.61. The molecule has 6 nitrogen and oxygen atoms in total. The number of hydrogen-bond acceptors (Lipinski definition) is 4. The second kappa shape index (κ2) is 9.43. The van der Waals surface area contributed by atoms with E-state index >= 15 is 0 Å². The normalized spacial score (nSPS) is 16.3. The van der Waals surface area contributed by atoms with Gasteiger partial charge < -0.3 is 14.8 Å². The summed E-state index contributed by atoms with van der Waals surface area (Å²) < 4.78 is 11.4. The van der Waals surface area contributed by atoms with Crippen LogP contribution in [0.25, 0.3) is 0 Å². The van der Waals surface area contributed by atoms with Crippen LogP contribution < -0.4 is 10.1 Å². The van der Waals surface area contributed by atoms with E-state index in [1.54, 1.807) is 32.2 Å². The first-order chi connectivity index (χ1) is 14.7. The van der Waals surface area contributed by atoms with Gasteiger partial charge in [0.15, 0.2) is 0 Å². The maximum Gasteiger partial charge on any atom is 0.338 e. The number of halogens is 1. The highest BCUT2D eigenvalue weighted by Gasteiger charge is 2.37. The van der Waals surface area contributed by atoms with Crippen molar-refractivity contribution in [3.63, 3.8) is 0 Å². The summed E-state index contributed by atoms with van der Waals surface area (Å²) in [5.41, 5.74) is 4.67. The van der Waals surface area contributed by atoms with Crippen molar-refractivity contribution in [1.29, 1.82) is 0 Å². The Hall–Kier alpha value is -2.99. The molecule has 2 aromatic rings. The third-order valence-electron chi connectivity index (χ3n) is 5.38. The first-order valence-electron chi connectivity index (χ1n) is 10.1. The maximum absolute atomic E-state index is 13.0. The lowest BCUT2D eigenvalue weighted by atomic mass is 9.94. The fourth-order valence-corrected chi connectivity index (χ4v) is 3.81. The lowest BCUT2D eigenvalue weighted by Gasteiger charge is -2.34. The third-order valence-corrected chi connectivity index (χ3v) is 5.62. The summed E-state index contributed by atoms with van der Waals surface area (Å²) in [5.74, 6) is 0.210. The smallest absolute Gasteiger partial charge is 0.338 e. The van der Waals surface area contributed by atoms with Gasteiger partial charge in [-0.3, -0.25) is 4.90 Å². The average Bonchev–Trinajstić information content (AvgIpc) is 2.72. The number of nitrogens with one attached hydrogen (secondary N) is 1. The lowest BCUT2D eigenvalue weighted by Crippen LogP contribution is -2.48. The van der Waals surface area contributed by atoms with Gasteiger partial charge in [0, 0.05) is 12.1 Å². The maximum atomic E-state index is 13.0. The van der Waals surface area contributed by atoms with Crippen molar-refractivity contribution in [3.05, 3.63) is 74.9 Å². The van der Waals surface area contributed by atoms with Crippen molar-refractivity contribution in [2.24, 2.45) is 0 Å². The zero-order chi connectivity index (χ0) is 22.7. The Bertz CT molecular complexity index is 1050. The summed E-state index contributed by atoms with van der Waals surface area (Å²) in [5, 5.41) is 3.38. The van der Waals surface area contributed by atoms with Crippen molar-refractivity contribution in [2.75, 3.05) is 20.3 Å². The molecule has 1 N–H and O–H groups in total. The van der Waals surface area contributed by atoms with Gasteiger partial charge in [0.25, 0.3) is 0 Å². The quantitative estimate of drug-likeness (QED) is 0.649. The Morgan fingerprint density at radius 3 is 2.61 bits per heavy atom. The van der Waals surface area contributed by atoms with Crippen LogP contribution in [0, 0.1) is 20.8 Å². The van der Waals surface area contributed by atoms with Crippen LogP contribution in [0.2, 0.25) is 5.02 Å². The van der Waals surface area contributed by atoms with E-state index in [9.17, 15) is 9.59 Å². The molecule has 7 heteroatoms. The van der Waals surface area contributed by atoms with Gasteiger partial charge in [0.05, 0.1) is 23.9 Å². The summed E-state index contributed by atoms with van der Waals surface area (Å²) in [6.45, 7) is 8.00. The minimum atomic E-state index is -0.694. The molecule has 164 valence electrons. The predicted octanol–water partition coefficient (Wildman–Crippen LogP) is 4.86. The van der Waals surface area contributed by atoms with E-state index in [-0.39, 0.29) is 19.2 Å². The number of esters is 1. The first kappa shape index (κ1) is 22.7. The molecule has 1 aliphatic heterocycles. The molecule has 0 aromatic heterocycles. The molecule has 0 aliphatic carbocycles. The topological polar surface area (TPSA) is 67.9 Å². The second-order valence-electron chi connectivity index (χ2n) is 7.57. The number of urea groups is 1. The van der Waals surface area contributed by atoms with Gasteiger partial charge in [0.1, 0.15) is 12.4 Å². The largest absolute Gasteiger partial charge is 0.487 e. The number of amides is 2. The van der Waals surface area contributed by atoms with E-state index in [4.69, 9.17) is 21.1 Å². The molecular formula is C24H27ClN2O4. The molecule has 0 saturated carbocycles. The van der Waals surface area contributed by atoms with Gasteiger partial charge in [-0.05, 0) is 68.1 Å². The van der Waals surface area contributed by atoms with Gasteiger partial charge in [-0.2, -0.15) is 0 Å². The fraction of sp³-hybridized carbons (Fsp3) is 0.333. The monoisotopic (exact) mass is 442 g/mol. The number of carbonyl (C=O) groups excluding carboxylic acids is 2. The predicted molar refractivity (Wildman–Crippen MR) is 120 cm³/mol. The molecule has 1 aliphatic rings. The van der Waals surface area contributed by atoms with E-state index in [1.807, 2.05) is 32.9 Å². The molecule has 0 saturated heterocycles. The molecule has 0 radical (unpaired) electrons. The van der Waals surface area contributed by atoms with E-state index in [0.717, 1.165) is 16.7 Å². The van der Waals surface area contributed by atoms with Gasteiger partial charge >= 0.3 is 12.0 Å². The number of nitrogens with zero attached hydrogens (tertiary/aromatic N) is 1. The number of benzene rings is 2. The molecule has 0 bridgehead atoms. The van der Waals surface area contributed by atoms with Crippen LogP contribution in [0.5, 0.6) is 5.75 Å². The number of likely N-dealkylation sites (N-methyl/N-ethyl adjacent to an activating group) is 1. The molecule has 3 rings (SSSR count). The SMILES string of the molecule is CCOC(=O)C1=C(COc2cc(C)cc(C)c2C)N(C)C(=O)N[C@H]1c1cccc(Cl)c1. The Morgan fingerprint density at radius 1 is 1.19 bits per heavy atom. The molecule has 31 heavy (non-hydrogen) atoms. The first-order valence-corrected chi connectivity index (χ1v) is 10.5. The molecule has 1 heterocycles. The zero-order valence-corrected chi connectivity index (χ0v) is 19.2. The Kier molecular flexibility index (Phi) is 6.91. The minimum Gasteiger partial charge on any atom is -0.487 e. The number of hydrogen-bond donors (Lipinski definition) is 1. The van der Waals surface area contributed by atoms with Gasteiger partial charge in [-0.25, -0.2) is 9.59 Å². The Labute approximate surface area is 187 Å². The summed E-state index contributed by atoms with van der Waals surface area (Å²) in [6.07, 6.45) is 0. The minimum absolute atomic E-state index is 0.0405. The van der Waals surface area contributed by atoms with Crippen LogP contribution in [0.15, 0.2) is 47.7 Å². The number of aryl methyl sites for hydroxylation is 2. The second-order valence-corrected chi connectivity index (χ2v) is 8.01.